The number of carbonyl (C=O) groups is 2. The molecule has 0 saturated carbocycles. The second kappa shape index (κ2) is 10.4. The fraction of sp³-hybridized carbons (Fsp3) is 0.290. The Kier molecular flexibility index (Phi) is 6.68. The predicted octanol–water partition coefficient (Wildman–Crippen LogP) is 5.49. The van der Waals surface area contributed by atoms with E-state index in [1.165, 1.54) is 6.07 Å². The van der Waals surface area contributed by atoms with Crippen molar-refractivity contribution in [1.82, 2.24) is 15.2 Å². The summed E-state index contributed by atoms with van der Waals surface area (Å²) in [5.41, 5.74) is 5.64. The summed E-state index contributed by atoms with van der Waals surface area (Å²) in [6.45, 7) is 5.54. The van der Waals surface area contributed by atoms with Gasteiger partial charge in [-0.25, -0.2) is 4.39 Å². The minimum absolute atomic E-state index is 0. The Bertz CT molecular complexity index is 1520. The molecule has 2 heterocycles. The highest BCUT2D eigenvalue weighted by atomic mass is 19.1. The quantitative estimate of drug-likeness (QED) is 0.283. The van der Waals surface area contributed by atoms with Gasteiger partial charge in [-0.3, -0.25) is 9.59 Å². The van der Waals surface area contributed by atoms with Crippen LogP contribution in [0.2, 0.25) is 0 Å². The summed E-state index contributed by atoms with van der Waals surface area (Å²) in [6, 6.07) is 17.9. The molecule has 2 aliphatic rings. The monoisotopic (exact) mass is 512 g/mol. The molecule has 2 N–H and O–H groups in total. The number of aromatic amines is 1. The number of unbranched alkanes of at least 4 members (excludes halogenated alkanes) is 1. The van der Waals surface area contributed by atoms with E-state index in [-0.39, 0.29) is 18.9 Å². The summed E-state index contributed by atoms with van der Waals surface area (Å²) in [5, 5.41) is 4.08. The van der Waals surface area contributed by atoms with Crippen LogP contribution in [0.4, 0.5) is 10.1 Å². The van der Waals surface area contributed by atoms with Crippen LogP contribution in [-0.2, 0) is 0 Å². The highest BCUT2D eigenvalue weighted by Gasteiger charge is 2.27. The van der Waals surface area contributed by atoms with E-state index in [1.54, 1.807) is 18.2 Å². The van der Waals surface area contributed by atoms with Crippen LogP contribution in [0.25, 0.3) is 22.0 Å². The maximum atomic E-state index is 13.5. The number of rotatable bonds is 7. The molecule has 1 aliphatic heterocycles. The second-order valence-electron chi connectivity index (χ2n) is 10.1. The largest absolute Gasteiger partial charge is 0.368 e. The average molecular weight is 513 g/mol. The fourth-order valence-electron chi connectivity index (χ4n) is 5.71. The molecule has 0 atom stereocenters. The normalized spacial score (nSPS) is 15.4. The van der Waals surface area contributed by atoms with Crippen molar-refractivity contribution >= 4 is 28.3 Å². The molecule has 196 valence electrons. The standard InChI is InChI=1S/C31H31FN4O2.H2/c32-22-9-11-26-28(19-22)34-20-29(26)36-15-5-14-35(16-17-36)13-4-3-12-33-31(38)21-8-10-24-23-6-1-2-7-25(23)30(37)27(24)18-21;/h1-2,6-11,18-20,34H,3-5,12-17H2,(H,33,38);1H. The van der Waals surface area contributed by atoms with Crippen LogP contribution in [0.3, 0.4) is 0 Å². The van der Waals surface area contributed by atoms with E-state index in [9.17, 15) is 14.0 Å². The molecule has 3 aromatic carbocycles. The van der Waals surface area contributed by atoms with Crippen molar-refractivity contribution in [2.24, 2.45) is 0 Å². The Morgan fingerprint density at radius 3 is 2.66 bits per heavy atom. The number of benzene rings is 3. The van der Waals surface area contributed by atoms with Gasteiger partial charge in [0, 0.05) is 55.9 Å². The number of nitrogens with one attached hydrogen (secondary N) is 2. The van der Waals surface area contributed by atoms with Gasteiger partial charge in [0.05, 0.1) is 11.2 Å². The molecule has 1 amide bonds. The van der Waals surface area contributed by atoms with Gasteiger partial charge < -0.3 is 20.1 Å². The van der Waals surface area contributed by atoms with E-state index in [4.69, 9.17) is 0 Å². The SMILES string of the molecule is O=C(NCCCCN1CCCN(c2c[nH]c3cc(F)ccc23)CC1)c1ccc2c(c1)C(=O)c1ccccc1-2.[HH]. The summed E-state index contributed by atoms with van der Waals surface area (Å²) in [4.78, 5) is 33.5. The van der Waals surface area contributed by atoms with Gasteiger partial charge in [-0.05, 0) is 73.8 Å². The first-order chi connectivity index (χ1) is 18.6. The van der Waals surface area contributed by atoms with Gasteiger partial charge in [0.2, 0.25) is 0 Å². The molecule has 38 heavy (non-hydrogen) atoms. The molecule has 4 aromatic rings. The molecular weight excluding hydrogens is 479 g/mol. The van der Waals surface area contributed by atoms with Crippen LogP contribution in [0.15, 0.2) is 66.9 Å². The van der Waals surface area contributed by atoms with E-state index in [0.29, 0.717) is 23.2 Å². The van der Waals surface area contributed by atoms with Crippen LogP contribution in [0, 0.1) is 5.82 Å². The fourth-order valence-corrected chi connectivity index (χ4v) is 5.71. The number of H-pyrrole nitrogens is 1. The molecule has 1 fully saturated rings. The van der Waals surface area contributed by atoms with Crippen LogP contribution < -0.4 is 10.2 Å². The van der Waals surface area contributed by atoms with Crippen molar-refractivity contribution in [2.75, 3.05) is 44.2 Å². The molecule has 1 saturated heterocycles. The first kappa shape index (κ1) is 24.4. The van der Waals surface area contributed by atoms with Crippen LogP contribution in [-0.4, -0.2) is 60.8 Å². The summed E-state index contributed by atoms with van der Waals surface area (Å²) in [7, 11) is 0. The van der Waals surface area contributed by atoms with Crippen molar-refractivity contribution < 1.29 is 15.4 Å². The van der Waals surface area contributed by atoms with Crippen molar-refractivity contribution in [3.63, 3.8) is 0 Å². The van der Waals surface area contributed by atoms with Gasteiger partial charge in [0.1, 0.15) is 5.82 Å². The van der Waals surface area contributed by atoms with E-state index in [1.807, 2.05) is 42.6 Å². The minimum Gasteiger partial charge on any atom is -0.368 e. The highest BCUT2D eigenvalue weighted by Crippen LogP contribution is 2.36. The number of fused-ring (bicyclic) bond motifs is 4. The molecule has 0 spiro atoms. The van der Waals surface area contributed by atoms with Gasteiger partial charge in [-0.2, -0.15) is 0 Å². The van der Waals surface area contributed by atoms with E-state index < -0.39 is 0 Å². The Labute approximate surface area is 222 Å². The minimum atomic E-state index is -0.225. The molecule has 1 aliphatic carbocycles. The molecule has 6 nitrogen and oxygen atoms in total. The smallest absolute Gasteiger partial charge is 0.251 e. The molecule has 7 heteroatoms. The van der Waals surface area contributed by atoms with E-state index >= 15 is 0 Å². The van der Waals surface area contributed by atoms with Crippen molar-refractivity contribution in [3.05, 3.63) is 89.4 Å². The van der Waals surface area contributed by atoms with Crippen LogP contribution in [0.1, 0.15) is 47.0 Å². The van der Waals surface area contributed by atoms with E-state index in [0.717, 1.165) is 79.7 Å². The number of hydrogen-bond acceptors (Lipinski definition) is 4. The lowest BCUT2D eigenvalue weighted by molar-refractivity contribution is 0.0952. The van der Waals surface area contributed by atoms with Gasteiger partial charge in [-0.15, -0.1) is 0 Å². The first-order valence-corrected chi connectivity index (χ1v) is 13.4. The lowest BCUT2D eigenvalue weighted by Gasteiger charge is -2.23. The average Bonchev–Trinajstić information content (AvgIpc) is 3.37. The Balaban J connectivity index is 0.00000308. The predicted molar refractivity (Wildman–Crippen MR) is 151 cm³/mol. The van der Waals surface area contributed by atoms with Crippen LogP contribution in [0.5, 0.6) is 0 Å². The lowest BCUT2D eigenvalue weighted by atomic mass is 10.0. The molecule has 0 unspecified atom stereocenters. The number of carbonyl (C=O) groups excluding carboxylic acids is 2. The maximum absolute atomic E-state index is 13.5. The number of anilines is 1. The number of hydrogen-bond donors (Lipinski definition) is 2. The highest BCUT2D eigenvalue weighted by molar-refractivity contribution is 6.22. The van der Waals surface area contributed by atoms with Gasteiger partial charge in [0.15, 0.2) is 5.78 Å². The Hall–Kier alpha value is -3.97. The maximum Gasteiger partial charge on any atom is 0.251 e. The zero-order chi connectivity index (χ0) is 26.1. The third kappa shape index (κ3) is 4.70. The first-order valence-electron chi connectivity index (χ1n) is 13.4. The molecule has 1 aromatic heterocycles. The number of amides is 1. The molecule has 6 rings (SSSR count). The zero-order valence-electron chi connectivity index (χ0n) is 21.3. The third-order valence-corrected chi connectivity index (χ3v) is 7.73. The number of aromatic nitrogens is 1. The summed E-state index contributed by atoms with van der Waals surface area (Å²) in [6.07, 6.45) is 4.96. The topological polar surface area (TPSA) is 68.4 Å². The third-order valence-electron chi connectivity index (χ3n) is 7.73. The van der Waals surface area contributed by atoms with Gasteiger partial charge >= 0.3 is 0 Å². The van der Waals surface area contributed by atoms with Gasteiger partial charge in [-0.1, -0.05) is 30.3 Å². The summed E-state index contributed by atoms with van der Waals surface area (Å²) < 4.78 is 13.5. The molecular formula is C31H33FN4O2. The lowest BCUT2D eigenvalue weighted by Crippen LogP contribution is -2.32. The van der Waals surface area contributed by atoms with Gasteiger partial charge in [0.25, 0.3) is 5.91 Å². The second-order valence-corrected chi connectivity index (χ2v) is 10.1. The van der Waals surface area contributed by atoms with Crippen molar-refractivity contribution in [1.29, 1.82) is 0 Å². The van der Waals surface area contributed by atoms with Crippen molar-refractivity contribution in [3.8, 4) is 11.1 Å². The number of halogens is 1. The summed E-state index contributed by atoms with van der Waals surface area (Å²) in [5.74, 6) is -0.377. The van der Waals surface area contributed by atoms with Crippen LogP contribution >= 0.6 is 0 Å². The zero-order valence-corrected chi connectivity index (χ0v) is 21.3. The Morgan fingerprint density at radius 1 is 0.921 bits per heavy atom. The van der Waals surface area contributed by atoms with Crippen molar-refractivity contribution in [2.45, 2.75) is 19.3 Å². The molecule has 0 bridgehead atoms. The number of ketones is 1. The summed E-state index contributed by atoms with van der Waals surface area (Å²) >= 11 is 0. The molecule has 0 radical (unpaired) electrons. The number of nitrogens with zero attached hydrogens (tertiary/aromatic N) is 2. The Morgan fingerprint density at radius 2 is 1.76 bits per heavy atom. The van der Waals surface area contributed by atoms with E-state index in [2.05, 4.69) is 20.1 Å².